The van der Waals surface area contributed by atoms with Crippen LogP contribution in [0.25, 0.3) is 0 Å². The lowest BCUT2D eigenvalue weighted by Gasteiger charge is -2.22. The molecule has 98 valence electrons. The Balaban J connectivity index is 1.73. The highest BCUT2D eigenvalue weighted by molar-refractivity contribution is 5.77. The van der Waals surface area contributed by atoms with Crippen LogP contribution in [0.3, 0.4) is 0 Å². The zero-order valence-electron chi connectivity index (χ0n) is 10.7. The monoisotopic (exact) mass is 248 g/mol. The average Bonchev–Trinajstić information content (AvgIpc) is 2.40. The van der Waals surface area contributed by atoms with E-state index in [2.05, 4.69) is 10.8 Å². The maximum absolute atomic E-state index is 11.7. The summed E-state index contributed by atoms with van der Waals surface area (Å²) in [6.07, 6.45) is 2.55. The summed E-state index contributed by atoms with van der Waals surface area (Å²) < 4.78 is 0. The third-order valence-electron chi connectivity index (χ3n) is 3.08. The number of carbonyl (C=O) groups excluding carboxylic acids is 1. The van der Waals surface area contributed by atoms with Crippen LogP contribution in [0.15, 0.2) is 24.3 Å². The summed E-state index contributed by atoms with van der Waals surface area (Å²) in [7, 11) is 0. The third-order valence-corrected chi connectivity index (χ3v) is 3.08. The predicted octanol–water partition coefficient (Wildman–Crippen LogP) is 1.34. The summed E-state index contributed by atoms with van der Waals surface area (Å²) in [5.74, 6) is -0.0931. The van der Waals surface area contributed by atoms with Crippen molar-refractivity contribution in [2.45, 2.75) is 32.3 Å². The Labute approximate surface area is 108 Å². The van der Waals surface area contributed by atoms with E-state index in [1.807, 2.05) is 31.2 Å². The summed E-state index contributed by atoms with van der Waals surface area (Å²) in [5, 5.41) is 3.24. The van der Waals surface area contributed by atoms with Crippen LogP contribution in [0.5, 0.6) is 0 Å². The van der Waals surface area contributed by atoms with Crippen LogP contribution in [0, 0.1) is 6.92 Å². The van der Waals surface area contributed by atoms with Gasteiger partial charge in [-0.15, -0.1) is 0 Å². The largest absolute Gasteiger partial charge is 0.314 e. The second-order valence-corrected chi connectivity index (χ2v) is 4.77. The molecule has 2 rings (SSSR count). The van der Waals surface area contributed by atoms with Crippen LogP contribution < -0.4 is 10.8 Å². The van der Waals surface area contributed by atoms with Crippen LogP contribution in [-0.4, -0.2) is 25.1 Å². The van der Waals surface area contributed by atoms with E-state index in [1.54, 1.807) is 0 Å². The van der Waals surface area contributed by atoms with Crippen molar-refractivity contribution >= 4 is 5.91 Å². The van der Waals surface area contributed by atoms with Crippen LogP contribution in [-0.2, 0) is 16.1 Å². The van der Waals surface area contributed by atoms with Crippen molar-refractivity contribution in [3.05, 3.63) is 35.4 Å². The summed E-state index contributed by atoms with van der Waals surface area (Å²) in [6, 6.07) is 7.96. The molecule has 0 bridgehead atoms. The summed E-state index contributed by atoms with van der Waals surface area (Å²) in [6.45, 7) is 3.88. The van der Waals surface area contributed by atoms with Gasteiger partial charge in [0.2, 0.25) is 5.91 Å². The van der Waals surface area contributed by atoms with Gasteiger partial charge in [0.25, 0.3) is 0 Å². The van der Waals surface area contributed by atoms with Crippen LogP contribution in [0.4, 0.5) is 0 Å². The Hall–Kier alpha value is -1.39. The molecule has 0 aromatic heterocycles. The standard InChI is InChI=1S/C14H20N2O2/c1-11-4-6-12(7-5-11)9-14(17)16-18-13-3-2-8-15-10-13/h4-7,13,15H,2-3,8-10H2,1H3,(H,16,17). The molecule has 1 aliphatic rings. The molecule has 1 amide bonds. The predicted molar refractivity (Wildman–Crippen MR) is 70.0 cm³/mol. The fourth-order valence-electron chi connectivity index (χ4n) is 2.00. The molecule has 18 heavy (non-hydrogen) atoms. The van der Waals surface area contributed by atoms with Crippen molar-refractivity contribution in [2.75, 3.05) is 13.1 Å². The number of benzene rings is 1. The highest BCUT2D eigenvalue weighted by atomic mass is 16.7. The Morgan fingerprint density at radius 2 is 2.22 bits per heavy atom. The minimum absolute atomic E-state index is 0.0931. The molecule has 0 radical (unpaired) electrons. The number of hydrogen-bond donors (Lipinski definition) is 2. The summed E-state index contributed by atoms with van der Waals surface area (Å²) in [5.41, 5.74) is 4.74. The van der Waals surface area contributed by atoms with Gasteiger partial charge in [-0.25, -0.2) is 5.48 Å². The van der Waals surface area contributed by atoms with Gasteiger partial charge in [-0.3, -0.25) is 9.63 Å². The molecule has 1 unspecified atom stereocenters. The van der Waals surface area contributed by atoms with Crippen LogP contribution in [0.1, 0.15) is 24.0 Å². The number of piperidine rings is 1. The number of hydrogen-bond acceptors (Lipinski definition) is 3. The molecule has 1 aliphatic heterocycles. The Bertz CT molecular complexity index is 383. The van der Waals surface area contributed by atoms with E-state index in [0.717, 1.165) is 31.5 Å². The summed E-state index contributed by atoms with van der Waals surface area (Å²) in [4.78, 5) is 17.1. The minimum Gasteiger partial charge on any atom is -0.314 e. The SMILES string of the molecule is Cc1ccc(CC(=O)NOC2CCCNC2)cc1. The zero-order chi connectivity index (χ0) is 12.8. The van der Waals surface area contributed by atoms with Crippen molar-refractivity contribution < 1.29 is 9.63 Å². The molecule has 0 saturated carbocycles. The topological polar surface area (TPSA) is 50.4 Å². The van der Waals surface area contributed by atoms with Gasteiger partial charge >= 0.3 is 0 Å². The molecular weight excluding hydrogens is 228 g/mol. The van der Waals surface area contributed by atoms with Crippen molar-refractivity contribution in [1.29, 1.82) is 0 Å². The second kappa shape index (κ2) is 6.52. The van der Waals surface area contributed by atoms with Gasteiger partial charge in [0.15, 0.2) is 0 Å². The Kier molecular flexibility index (Phi) is 4.73. The smallest absolute Gasteiger partial charge is 0.247 e. The van der Waals surface area contributed by atoms with Gasteiger partial charge < -0.3 is 5.32 Å². The van der Waals surface area contributed by atoms with Crippen molar-refractivity contribution in [3.8, 4) is 0 Å². The average molecular weight is 248 g/mol. The van der Waals surface area contributed by atoms with Gasteiger partial charge in [0.1, 0.15) is 0 Å². The maximum atomic E-state index is 11.7. The first-order chi connectivity index (χ1) is 8.74. The molecule has 1 aromatic rings. The number of carbonyl (C=O) groups is 1. The van der Waals surface area contributed by atoms with Crippen LogP contribution in [0.2, 0.25) is 0 Å². The molecule has 1 heterocycles. The molecule has 1 fully saturated rings. The lowest BCUT2D eigenvalue weighted by Crippen LogP contribution is -2.40. The van der Waals surface area contributed by atoms with Crippen molar-refractivity contribution in [2.24, 2.45) is 0 Å². The number of nitrogens with one attached hydrogen (secondary N) is 2. The molecule has 0 aliphatic carbocycles. The van der Waals surface area contributed by atoms with E-state index >= 15 is 0 Å². The van der Waals surface area contributed by atoms with Gasteiger partial charge in [-0.1, -0.05) is 29.8 Å². The fourth-order valence-corrected chi connectivity index (χ4v) is 2.00. The van der Waals surface area contributed by atoms with E-state index in [-0.39, 0.29) is 12.0 Å². The van der Waals surface area contributed by atoms with E-state index in [0.29, 0.717) is 6.42 Å². The van der Waals surface area contributed by atoms with E-state index < -0.39 is 0 Å². The molecular formula is C14H20N2O2. The normalized spacial score (nSPS) is 19.5. The van der Waals surface area contributed by atoms with Gasteiger partial charge in [-0.05, 0) is 31.9 Å². The number of amides is 1. The second-order valence-electron chi connectivity index (χ2n) is 4.77. The van der Waals surface area contributed by atoms with Crippen molar-refractivity contribution in [3.63, 3.8) is 0 Å². The quantitative estimate of drug-likeness (QED) is 0.791. The molecule has 2 N–H and O–H groups in total. The highest BCUT2D eigenvalue weighted by Gasteiger charge is 2.14. The van der Waals surface area contributed by atoms with Gasteiger partial charge in [0.05, 0.1) is 12.5 Å². The van der Waals surface area contributed by atoms with E-state index in [1.165, 1.54) is 5.56 Å². The number of rotatable bonds is 4. The zero-order valence-corrected chi connectivity index (χ0v) is 10.7. The molecule has 1 saturated heterocycles. The molecule has 4 heteroatoms. The first kappa shape index (κ1) is 13.1. The first-order valence-electron chi connectivity index (χ1n) is 6.45. The van der Waals surface area contributed by atoms with Crippen LogP contribution >= 0.6 is 0 Å². The van der Waals surface area contributed by atoms with E-state index in [4.69, 9.17) is 4.84 Å². The number of hydroxylamine groups is 1. The fraction of sp³-hybridized carbons (Fsp3) is 0.500. The third kappa shape index (κ3) is 4.13. The lowest BCUT2D eigenvalue weighted by molar-refractivity contribution is -0.138. The molecule has 1 aromatic carbocycles. The first-order valence-corrected chi connectivity index (χ1v) is 6.45. The van der Waals surface area contributed by atoms with Gasteiger partial charge in [-0.2, -0.15) is 0 Å². The molecule has 0 spiro atoms. The molecule has 4 nitrogen and oxygen atoms in total. The Morgan fingerprint density at radius 3 is 2.89 bits per heavy atom. The maximum Gasteiger partial charge on any atom is 0.247 e. The minimum atomic E-state index is -0.0931. The number of aryl methyl sites for hydroxylation is 1. The van der Waals surface area contributed by atoms with E-state index in [9.17, 15) is 4.79 Å². The highest BCUT2D eigenvalue weighted by Crippen LogP contribution is 2.06. The molecule has 1 atom stereocenters. The Morgan fingerprint density at radius 1 is 1.44 bits per heavy atom. The van der Waals surface area contributed by atoms with Crippen molar-refractivity contribution in [1.82, 2.24) is 10.8 Å². The summed E-state index contributed by atoms with van der Waals surface area (Å²) >= 11 is 0. The van der Waals surface area contributed by atoms with Gasteiger partial charge in [0, 0.05) is 6.54 Å². The lowest BCUT2D eigenvalue weighted by atomic mass is 10.1.